The fraction of sp³-hybridized carbons (Fsp3) is 0.615. The van der Waals surface area contributed by atoms with Crippen molar-refractivity contribution < 1.29 is 4.74 Å². The molecule has 17 heavy (non-hydrogen) atoms. The van der Waals surface area contributed by atoms with Crippen LogP contribution in [0.25, 0.3) is 0 Å². The third-order valence-corrected chi connectivity index (χ3v) is 3.26. The second-order valence-electron chi connectivity index (χ2n) is 4.38. The first-order chi connectivity index (χ1) is 8.35. The maximum absolute atomic E-state index is 5.41. The van der Waals surface area contributed by atoms with Crippen molar-refractivity contribution in [2.24, 2.45) is 0 Å². The number of anilines is 1. The highest BCUT2D eigenvalue weighted by molar-refractivity contribution is 5.53. The van der Waals surface area contributed by atoms with Crippen LogP contribution in [-0.2, 0) is 11.3 Å². The van der Waals surface area contributed by atoms with Crippen molar-refractivity contribution >= 4 is 5.69 Å². The largest absolute Gasteiger partial charge is 0.380 e. The van der Waals surface area contributed by atoms with Gasteiger partial charge in [-0.2, -0.15) is 0 Å². The number of ether oxygens (including phenoxy) is 1. The summed E-state index contributed by atoms with van der Waals surface area (Å²) < 4.78 is 5.41. The number of pyridine rings is 1. The number of aromatic nitrogens is 1. The summed E-state index contributed by atoms with van der Waals surface area (Å²) in [6.45, 7) is 6.04. The van der Waals surface area contributed by atoms with Crippen molar-refractivity contribution in [3.05, 3.63) is 24.0 Å². The van der Waals surface area contributed by atoms with Crippen molar-refractivity contribution in [3.8, 4) is 0 Å². The molecule has 0 radical (unpaired) electrons. The van der Waals surface area contributed by atoms with Crippen LogP contribution in [0.2, 0.25) is 0 Å². The molecule has 1 unspecified atom stereocenters. The molecule has 0 aliphatic carbocycles. The van der Waals surface area contributed by atoms with Crippen LogP contribution in [0.3, 0.4) is 0 Å². The zero-order chi connectivity index (χ0) is 12.1. The minimum atomic E-state index is 0.371. The first-order valence-corrected chi connectivity index (χ1v) is 6.26. The molecule has 1 fully saturated rings. The molecule has 1 N–H and O–H groups in total. The van der Waals surface area contributed by atoms with Crippen LogP contribution in [-0.4, -0.2) is 37.8 Å². The molecular weight excluding hydrogens is 214 g/mol. The first-order valence-electron chi connectivity index (χ1n) is 6.26. The van der Waals surface area contributed by atoms with E-state index in [1.807, 2.05) is 12.4 Å². The van der Waals surface area contributed by atoms with Gasteiger partial charge in [0.1, 0.15) is 0 Å². The Balaban J connectivity index is 2.09. The molecule has 0 spiro atoms. The zero-order valence-electron chi connectivity index (χ0n) is 10.6. The van der Waals surface area contributed by atoms with Crippen LogP contribution in [0.4, 0.5) is 5.69 Å². The smallest absolute Gasteiger partial charge is 0.0762 e. The zero-order valence-corrected chi connectivity index (χ0v) is 10.6. The summed E-state index contributed by atoms with van der Waals surface area (Å²) in [4.78, 5) is 6.60. The Kier molecular flexibility index (Phi) is 4.34. The van der Waals surface area contributed by atoms with E-state index in [0.29, 0.717) is 6.10 Å². The SMILES string of the molecule is CCNCc1cnccc1N1CCC(OC)C1. The molecule has 1 atom stereocenters. The Labute approximate surface area is 103 Å². The van der Waals surface area contributed by atoms with E-state index < -0.39 is 0 Å². The van der Waals surface area contributed by atoms with E-state index in [-0.39, 0.29) is 0 Å². The van der Waals surface area contributed by atoms with E-state index >= 15 is 0 Å². The van der Waals surface area contributed by atoms with E-state index in [1.54, 1.807) is 7.11 Å². The summed E-state index contributed by atoms with van der Waals surface area (Å²) in [6.07, 6.45) is 5.30. The van der Waals surface area contributed by atoms with E-state index in [9.17, 15) is 0 Å². The fourth-order valence-electron chi connectivity index (χ4n) is 2.26. The molecule has 4 nitrogen and oxygen atoms in total. The highest BCUT2D eigenvalue weighted by atomic mass is 16.5. The molecular formula is C13H21N3O. The average molecular weight is 235 g/mol. The van der Waals surface area contributed by atoms with E-state index in [2.05, 4.69) is 28.2 Å². The molecule has 1 aromatic rings. The van der Waals surface area contributed by atoms with Crippen molar-refractivity contribution in [2.75, 3.05) is 31.6 Å². The van der Waals surface area contributed by atoms with Crippen molar-refractivity contribution in [1.82, 2.24) is 10.3 Å². The molecule has 4 heteroatoms. The monoisotopic (exact) mass is 235 g/mol. The molecule has 1 aliphatic heterocycles. The molecule has 0 aromatic carbocycles. The lowest BCUT2D eigenvalue weighted by atomic mass is 10.2. The predicted molar refractivity (Wildman–Crippen MR) is 69.2 cm³/mol. The third kappa shape index (κ3) is 2.96. The minimum Gasteiger partial charge on any atom is -0.380 e. The minimum absolute atomic E-state index is 0.371. The molecule has 1 saturated heterocycles. The van der Waals surface area contributed by atoms with E-state index in [1.165, 1.54) is 11.3 Å². The van der Waals surface area contributed by atoms with Gasteiger partial charge in [0.25, 0.3) is 0 Å². The lowest BCUT2D eigenvalue weighted by molar-refractivity contribution is 0.121. The maximum Gasteiger partial charge on any atom is 0.0762 e. The predicted octanol–water partition coefficient (Wildman–Crippen LogP) is 1.42. The fourth-order valence-corrected chi connectivity index (χ4v) is 2.26. The van der Waals surface area contributed by atoms with Crippen LogP contribution < -0.4 is 10.2 Å². The molecule has 0 bridgehead atoms. The second kappa shape index (κ2) is 5.98. The van der Waals surface area contributed by atoms with Crippen LogP contribution in [0.15, 0.2) is 18.5 Å². The molecule has 94 valence electrons. The summed E-state index contributed by atoms with van der Waals surface area (Å²) in [5, 5.41) is 3.36. The van der Waals surface area contributed by atoms with Gasteiger partial charge in [0.15, 0.2) is 0 Å². The van der Waals surface area contributed by atoms with Gasteiger partial charge in [-0.3, -0.25) is 4.98 Å². The summed E-state index contributed by atoms with van der Waals surface area (Å²) >= 11 is 0. The van der Waals surface area contributed by atoms with Crippen molar-refractivity contribution in [1.29, 1.82) is 0 Å². The van der Waals surface area contributed by atoms with Gasteiger partial charge in [-0.25, -0.2) is 0 Å². The van der Waals surface area contributed by atoms with Gasteiger partial charge in [-0.1, -0.05) is 6.92 Å². The third-order valence-electron chi connectivity index (χ3n) is 3.26. The molecule has 1 aliphatic rings. The molecule has 1 aromatic heterocycles. The van der Waals surface area contributed by atoms with Gasteiger partial charge < -0.3 is 15.0 Å². The summed E-state index contributed by atoms with van der Waals surface area (Å²) in [5.74, 6) is 0. The normalized spacial score (nSPS) is 19.9. The van der Waals surface area contributed by atoms with Gasteiger partial charge in [-0.15, -0.1) is 0 Å². The molecule has 0 saturated carbocycles. The Morgan fingerprint density at radius 2 is 2.47 bits per heavy atom. The van der Waals surface area contributed by atoms with Gasteiger partial charge in [-0.05, 0) is 19.0 Å². The van der Waals surface area contributed by atoms with Crippen LogP contribution in [0, 0.1) is 0 Å². The highest BCUT2D eigenvalue weighted by Gasteiger charge is 2.23. The van der Waals surface area contributed by atoms with Gasteiger partial charge >= 0.3 is 0 Å². The molecule has 2 heterocycles. The Morgan fingerprint density at radius 1 is 1.59 bits per heavy atom. The average Bonchev–Trinajstić information content (AvgIpc) is 2.85. The molecule has 0 amide bonds. The molecule has 2 rings (SSSR count). The van der Waals surface area contributed by atoms with Crippen LogP contribution in [0.5, 0.6) is 0 Å². The summed E-state index contributed by atoms with van der Waals surface area (Å²) in [6, 6.07) is 2.10. The lowest BCUT2D eigenvalue weighted by Crippen LogP contribution is -2.24. The van der Waals surface area contributed by atoms with Gasteiger partial charge in [0.2, 0.25) is 0 Å². The van der Waals surface area contributed by atoms with Gasteiger partial charge in [0, 0.05) is 50.4 Å². The second-order valence-corrected chi connectivity index (χ2v) is 4.38. The number of nitrogens with one attached hydrogen (secondary N) is 1. The Hall–Kier alpha value is -1.13. The highest BCUT2D eigenvalue weighted by Crippen LogP contribution is 2.24. The van der Waals surface area contributed by atoms with Crippen LogP contribution >= 0.6 is 0 Å². The maximum atomic E-state index is 5.41. The van der Waals surface area contributed by atoms with Crippen molar-refractivity contribution in [3.63, 3.8) is 0 Å². The van der Waals surface area contributed by atoms with E-state index in [0.717, 1.165) is 32.6 Å². The van der Waals surface area contributed by atoms with Crippen molar-refractivity contribution in [2.45, 2.75) is 26.0 Å². The quantitative estimate of drug-likeness (QED) is 0.837. The lowest BCUT2D eigenvalue weighted by Gasteiger charge is -2.21. The summed E-state index contributed by atoms with van der Waals surface area (Å²) in [5.41, 5.74) is 2.56. The van der Waals surface area contributed by atoms with Crippen LogP contribution in [0.1, 0.15) is 18.9 Å². The summed E-state index contributed by atoms with van der Waals surface area (Å²) in [7, 11) is 1.79. The number of hydrogen-bond acceptors (Lipinski definition) is 4. The number of methoxy groups -OCH3 is 1. The number of nitrogens with zero attached hydrogens (tertiary/aromatic N) is 2. The van der Waals surface area contributed by atoms with Gasteiger partial charge in [0.05, 0.1) is 6.10 Å². The Morgan fingerprint density at radius 3 is 3.18 bits per heavy atom. The topological polar surface area (TPSA) is 37.4 Å². The standard InChI is InChI=1S/C13H21N3O/c1-3-14-8-11-9-15-6-4-13(11)16-7-5-12(10-16)17-2/h4,6,9,12,14H,3,5,7-8,10H2,1-2H3. The Bertz CT molecular complexity index is 356. The van der Waals surface area contributed by atoms with E-state index in [4.69, 9.17) is 4.74 Å². The first kappa shape index (κ1) is 12.3. The number of rotatable bonds is 5. The number of hydrogen-bond donors (Lipinski definition) is 1.